The molecule has 0 fully saturated rings. The number of hydrogen-bond donors (Lipinski definition) is 1. The zero-order chi connectivity index (χ0) is 13.5. The maximum absolute atomic E-state index is 8.71. The van der Waals surface area contributed by atoms with Gasteiger partial charge in [-0.3, -0.25) is 4.90 Å². The predicted octanol–water partition coefficient (Wildman–Crippen LogP) is 3.40. The summed E-state index contributed by atoms with van der Waals surface area (Å²) in [6, 6.07) is 8.06. The monoisotopic (exact) mass is 309 g/mol. The summed E-state index contributed by atoms with van der Waals surface area (Å²) in [6.07, 6.45) is 0.553. The second-order valence-corrected chi connectivity index (χ2v) is 5.70. The standard InChI is InChI=1S/C14H20BrN3/c1-11(2)9-18(8-4-7-16)10-12-13(15)5-3-6-14(12)17/h3,5-6,11H,4,8-10,17H2,1-2H3. The molecule has 2 N–H and O–H groups in total. The van der Waals surface area contributed by atoms with Crippen LogP contribution in [0.5, 0.6) is 0 Å². The molecule has 0 unspecified atom stereocenters. The molecule has 98 valence electrons. The summed E-state index contributed by atoms with van der Waals surface area (Å²) in [4.78, 5) is 2.28. The van der Waals surface area contributed by atoms with E-state index >= 15 is 0 Å². The molecule has 0 atom stereocenters. The molecule has 0 heterocycles. The Morgan fingerprint density at radius 3 is 2.72 bits per heavy atom. The normalized spacial score (nSPS) is 10.9. The lowest BCUT2D eigenvalue weighted by atomic mass is 10.1. The quantitative estimate of drug-likeness (QED) is 0.819. The van der Waals surface area contributed by atoms with Crippen molar-refractivity contribution in [2.24, 2.45) is 5.92 Å². The Bertz CT molecular complexity index is 403. The van der Waals surface area contributed by atoms with E-state index in [0.717, 1.165) is 35.4 Å². The number of halogens is 1. The van der Waals surface area contributed by atoms with E-state index in [0.29, 0.717) is 12.3 Å². The third kappa shape index (κ3) is 4.67. The SMILES string of the molecule is CC(C)CN(CCC#N)Cc1c(N)cccc1Br. The molecule has 4 heteroatoms. The molecule has 3 nitrogen and oxygen atoms in total. The molecule has 0 aliphatic carbocycles. The summed E-state index contributed by atoms with van der Waals surface area (Å²) in [6.45, 7) is 6.91. The van der Waals surface area contributed by atoms with E-state index in [1.807, 2.05) is 18.2 Å². The fourth-order valence-electron chi connectivity index (χ4n) is 1.93. The van der Waals surface area contributed by atoms with Crippen molar-refractivity contribution in [3.8, 4) is 6.07 Å². The van der Waals surface area contributed by atoms with Crippen molar-refractivity contribution in [3.05, 3.63) is 28.2 Å². The minimum absolute atomic E-state index is 0.553. The van der Waals surface area contributed by atoms with E-state index in [4.69, 9.17) is 11.0 Å². The van der Waals surface area contributed by atoms with Crippen LogP contribution in [0, 0.1) is 17.2 Å². The van der Waals surface area contributed by atoms with Gasteiger partial charge in [-0.2, -0.15) is 5.26 Å². The van der Waals surface area contributed by atoms with Gasteiger partial charge in [-0.15, -0.1) is 0 Å². The third-order valence-corrected chi connectivity index (χ3v) is 3.44. The number of anilines is 1. The molecule has 0 aliphatic rings. The van der Waals surface area contributed by atoms with Crippen LogP contribution in [-0.4, -0.2) is 18.0 Å². The van der Waals surface area contributed by atoms with Gasteiger partial charge in [0.15, 0.2) is 0 Å². The Morgan fingerprint density at radius 1 is 1.44 bits per heavy atom. The fraction of sp³-hybridized carbons (Fsp3) is 0.500. The van der Waals surface area contributed by atoms with Crippen LogP contribution >= 0.6 is 15.9 Å². The summed E-state index contributed by atoms with van der Waals surface area (Å²) >= 11 is 3.54. The van der Waals surface area contributed by atoms with Gasteiger partial charge in [0, 0.05) is 41.8 Å². The first kappa shape index (κ1) is 15.0. The Kier molecular flexibility index (Phi) is 6.17. The lowest BCUT2D eigenvalue weighted by Crippen LogP contribution is -2.28. The van der Waals surface area contributed by atoms with Gasteiger partial charge in [0.2, 0.25) is 0 Å². The first-order chi connectivity index (χ1) is 8.54. The summed E-state index contributed by atoms with van der Waals surface area (Å²) in [5, 5.41) is 8.71. The minimum Gasteiger partial charge on any atom is -0.398 e. The van der Waals surface area contributed by atoms with E-state index in [1.54, 1.807) is 0 Å². The number of nitrogens with zero attached hydrogens (tertiary/aromatic N) is 2. The summed E-state index contributed by atoms with van der Waals surface area (Å²) < 4.78 is 1.04. The first-order valence-electron chi connectivity index (χ1n) is 6.16. The van der Waals surface area contributed by atoms with Crippen LogP contribution in [0.2, 0.25) is 0 Å². The molecule has 1 rings (SSSR count). The molecule has 0 aliphatic heterocycles. The van der Waals surface area contributed by atoms with Crippen LogP contribution in [0.3, 0.4) is 0 Å². The second-order valence-electron chi connectivity index (χ2n) is 4.84. The van der Waals surface area contributed by atoms with Gasteiger partial charge < -0.3 is 5.73 Å². The van der Waals surface area contributed by atoms with Crippen LogP contribution in [0.15, 0.2) is 22.7 Å². The molecule has 0 saturated heterocycles. The first-order valence-corrected chi connectivity index (χ1v) is 6.96. The molecule has 1 aromatic carbocycles. The summed E-state index contributed by atoms with van der Waals surface area (Å²) in [5.41, 5.74) is 7.92. The van der Waals surface area contributed by atoms with Crippen LogP contribution in [0.4, 0.5) is 5.69 Å². The largest absolute Gasteiger partial charge is 0.398 e. The smallest absolute Gasteiger partial charge is 0.0635 e. The maximum atomic E-state index is 8.71. The highest BCUT2D eigenvalue weighted by Gasteiger charge is 2.12. The number of hydrogen-bond acceptors (Lipinski definition) is 3. The number of rotatable bonds is 6. The Balaban J connectivity index is 2.78. The average Bonchev–Trinajstić information content (AvgIpc) is 2.30. The highest BCUT2D eigenvalue weighted by molar-refractivity contribution is 9.10. The Labute approximate surface area is 118 Å². The Hall–Kier alpha value is -1.05. The lowest BCUT2D eigenvalue weighted by molar-refractivity contribution is 0.241. The Morgan fingerprint density at radius 2 is 2.17 bits per heavy atom. The van der Waals surface area contributed by atoms with E-state index in [-0.39, 0.29) is 0 Å². The number of nitrogen functional groups attached to an aromatic ring is 1. The van der Waals surface area contributed by atoms with E-state index in [1.165, 1.54) is 0 Å². The van der Waals surface area contributed by atoms with Crippen molar-refractivity contribution in [1.29, 1.82) is 5.26 Å². The van der Waals surface area contributed by atoms with Gasteiger partial charge in [-0.1, -0.05) is 35.8 Å². The van der Waals surface area contributed by atoms with Crippen molar-refractivity contribution in [3.63, 3.8) is 0 Å². The maximum Gasteiger partial charge on any atom is 0.0635 e. The van der Waals surface area contributed by atoms with Crippen molar-refractivity contribution < 1.29 is 0 Å². The zero-order valence-electron chi connectivity index (χ0n) is 11.0. The molecule has 0 aromatic heterocycles. The van der Waals surface area contributed by atoms with Gasteiger partial charge >= 0.3 is 0 Å². The molecular weight excluding hydrogens is 290 g/mol. The zero-order valence-corrected chi connectivity index (χ0v) is 12.6. The number of nitrogens with two attached hydrogens (primary N) is 1. The van der Waals surface area contributed by atoms with Crippen LogP contribution in [0.25, 0.3) is 0 Å². The summed E-state index contributed by atoms with van der Waals surface area (Å²) in [5.74, 6) is 0.576. The third-order valence-electron chi connectivity index (χ3n) is 2.70. The average molecular weight is 310 g/mol. The molecule has 1 aromatic rings. The highest BCUT2D eigenvalue weighted by Crippen LogP contribution is 2.24. The lowest BCUT2D eigenvalue weighted by Gasteiger charge is -2.24. The van der Waals surface area contributed by atoms with Gasteiger partial charge in [0.25, 0.3) is 0 Å². The molecule has 0 bridgehead atoms. The number of benzene rings is 1. The van der Waals surface area contributed by atoms with E-state index < -0.39 is 0 Å². The van der Waals surface area contributed by atoms with Crippen molar-refractivity contribution in [1.82, 2.24) is 4.90 Å². The molecule has 0 amide bonds. The molecule has 18 heavy (non-hydrogen) atoms. The molecule has 0 spiro atoms. The van der Waals surface area contributed by atoms with Gasteiger partial charge in [-0.25, -0.2) is 0 Å². The second kappa shape index (κ2) is 7.40. The van der Waals surface area contributed by atoms with Gasteiger partial charge in [0.05, 0.1) is 6.07 Å². The highest BCUT2D eigenvalue weighted by atomic mass is 79.9. The van der Waals surface area contributed by atoms with Crippen molar-refractivity contribution in [2.45, 2.75) is 26.8 Å². The van der Waals surface area contributed by atoms with Crippen LogP contribution < -0.4 is 5.73 Å². The minimum atomic E-state index is 0.553. The van der Waals surface area contributed by atoms with E-state index in [2.05, 4.69) is 40.7 Å². The van der Waals surface area contributed by atoms with Crippen LogP contribution in [0.1, 0.15) is 25.8 Å². The predicted molar refractivity (Wildman–Crippen MR) is 78.9 cm³/mol. The van der Waals surface area contributed by atoms with Gasteiger partial charge in [0.1, 0.15) is 0 Å². The van der Waals surface area contributed by atoms with Gasteiger partial charge in [-0.05, 0) is 18.1 Å². The van der Waals surface area contributed by atoms with E-state index in [9.17, 15) is 0 Å². The topological polar surface area (TPSA) is 53.0 Å². The van der Waals surface area contributed by atoms with Crippen molar-refractivity contribution >= 4 is 21.6 Å². The van der Waals surface area contributed by atoms with Crippen molar-refractivity contribution in [2.75, 3.05) is 18.8 Å². The number of nitriles is 1. The molecular formula is C14H20BrN3. The molecule has 0 saturated carbocycles. The van der Waals surface area contributed by atoms with Crippen LogP contribution in [-0.2, 0) is 6.54 Å². The fourth-order valence-corrected chi connectivity index (χ4v) is 2.43. The summed E-state index contributed by atoms with van der Waals surface area (Å²) in [7, 11) is 0. The molecule has 0 radical (unpaired) electrons.